The highest BCUT2D eigenvalue weighted by Gasteiger charge is 2.38. The molecule has 1 aromatic carbocycles. The number of hydrogen-bond acceptors (Lipinski definition) is 3. The lowest BCUT2D eigenvalue weighted by Gasteiger charge is -2.37. The van der Waals surface area contributed by atoms with Gasteiger partial charge in [0.25, 0.3) is 0 Å². The van der Waals surface area contributed by atoms with Crippen LogP contribution in [0.15, 0.2) is 23.2 Å². The Morgan fingerprint density at radius 1 is 1.37 bits per heavy atom. The van der Waals surface area contributed by atoms with Gasteiger partial charge in [-0.3, -0.25) is 4.99 Å². The molecule has 2 fully saturated rings. The number of aliphatic imine (C=N–C) groups is 1. The summed E-state index contributed by atoms with van der Waals surface area (Å²) in [6.45, 7) is 7.35. The molecule has 2 N–H and O–H groups in total. The summed E-state index contributed by atoms with van der Waals surface area (Å²) in [6.07, 6.45) is 3.03. The minimum atomic E-state index is -0.119. The first-order valence-electron chi connectivity index (χ1n) is 9.54. The highest BCUT2D eigenvalue weighted by atomic mass is 127. The number of guanidine groups is 1. The predicted molar refractivity (Wildman–Crippen MR) is 122 cm³/mol. The molecule has 2 unspecified atom stereocenters. The number of halogens is 2. The number of nitrogens with zero attached hydrogens (tertiary/aromatic N) is 1. The van der Waals surface area contributed by atoms with Gasteiger partial charge in [-0.15, -0.1) is 24.0 Å². The average Bonchev–Trinajstić information content (AvgIpc) is 3.35. The van der Waals surface area contributed by atoms with Gasteiger partial charge in [0.1, 0.15) is 5.75 Å². The number of benzene rings is 1. The van der Waals surface area contributed by atoms with E-state index in [1.807, 2.05) is 18.2 Å². The number of rotatable bonds is 6. The van der Waals surface area contributed by atoms with Crippen LogP contribution in [0.5, 0.6) is 5.75 Å². The van der Waals surface area contributed by atoms with Crippen LogP contribution >= 0.6 is 35.6 Å². The Labute approximate surface area is 184 Å². The third kappa shape index (κ3) is 5.64. The molecule has 1 saturated carbocycles. The summed E-state index contributed by atoms with van der Waals surface area (Å²) >= 11 is 6.31. The van der Waals surface area contributed by atoms with Crippen molar-refractivity contribution in [3.63, 3.8) is 0 Å². The van der Waals surface area contributed by atoms with Crippen molar-refractivity contribution in [3.8, 4) is 5.75 Å². The van der Waals surface area contributed by atoms with Gasteiger partial charge >= 0.3 is 0 Å². The first-order chi connectivity index (χ1) is 12.6. The van der Waals surface area contributed by atoms with E-state index in [1.54, 1.807) is 7.11 Å². The van der Waals surface area contributed by atoms with Crippen LogP contribution in [0.2, 0.25) is 5.02 Å². The Balaban J connectivity index is 0.00000261. The second-order valence-corrected chi connectivity index (χ2v) is 7.83. The van der Waals surface area contributed by atoms with Crippen LogP contribution in [0, 0.1) is 5.92 Å². The van der Waals surface area contributed by atoms with Crippen molar-refractivity contribution in [3.05, 3.63) is 28.8 Å². The Kier molecular flexibility index (Phi) is 8.49. The summed E-state index contributed by atoms with van der Waals surface area (Å²) in [5, 5.41) is 7.64. The topological polar surface area (TPSA) is 54.9 Å². The molecule has 0 bridgehead atoms. The molecule has 1 heterocycles. The lowest BCUT2D eigenvalue weighted by Crippen LogP contribution is -2.42. The van der Waals surface area contributed by atoms with E-state index in [0.717, 1.165) is 60.8 Å². The second-order valence-electron chi connectivity index (χ2n) is 7.40. The van der Waals surface area contributed by atoms with Gasteiger partial charge in [-0.2, -0.15) is 0 Å². The first kappa shape index (κ1) is 22.6. The number of nitrogens with one attached hydrogen (secondary N) is 2. The molecule has 1 saturated heterocycles. The molecule has 0 spiro atoms. The van der Waals surface area contributed by atoms with Gasteiger partial charge in [0.05, 0.1) is 13.7 Å². The van der Waals surface area contributed by atoms with E-state index in [-0.39, 0.29) is 29.4 Å². The Morgan fingerprint density at radius 3 is 2.67 bits per heavy atom. The normalized spacial score (nSPS) is 23.9. The van der Waals surface area contributed by atoms with Gasteiger partial charge in [-0.05, 0) is 50.3 Å². The molecule has 27 heavy (non-hydrogen) atoms. The summed E-state index contributed by atoms with van der Waals surface area (Å²) in [5.74, 6) is 2.50. The van der Waals surface area contributed by atoms with Gasteiger partial charge < -0.3 is 20.1 Å². The predicted octanol–water partition coefficient (Wildman–Crippen LogP) is 3.98. The number of hydrogen-bond donors (Lipinski definition) is 2. The van der Waals surface area contributed by atoms with Crippen molar-refractivity contribution >= 4 is 41.5 Å². The SMILES string of the molecule is CCNC(=NCC1(c2cc(Cl)ccc2OC)CCOCC1)NC1CC1C.I. The van der Waals surface area contributed by atoms with Crippen LogP contribution in [0.25, 0.3) is 0 Å². The van der Waals surface area contributed by atoms with Gasteiger partial charge in [-0.1, -0.05) is 18.5 Å². The third-order valence-electron chi connectivity index (χ3n) is 5.50. The fourth-order valence-electron chi connectivity index (χ4n) is 3.62. The molecule has 5 nitrogen and oxygen atoms in total. The fraction of sp³-hybridized carbons (Fsp3) is 0.650. The quantitative estimate of drug-likeness (QED) is 0.347. The summed E-state index contributed by atoms with van der Waals surface area (Å²) in [4.78, 5) is 4.95. The zero-order valence-electron chi connectivity index (χ0n) is 16.4. The van der Waals surface area contributed by atoms with E-state index < -0.39 is 0 Å². The van der Waals surface area contributed by atoms with Crippen LogP contribution < -0.4 is 15.4 Å². The number of methoxy groups -OCH3 is 1. The lowest BCUT2D eigenvalue weighted by atomic mass is 9.73. The van der Waals surface area contributed by atoms with E-state index >= 15 is 0 Å². The second kappa shape index (κ2) is 10.2. The van der Waals surface area contributed by atoms with Crippen LogP contribution in [0.1, 0.15) is 38.7 Å². The van der Waals surface area contributed by atoms with Gasteiger partial charge in [0.2, 0.25) is 0 Å². The maximum Gasteiger partial charge on any atom is 0.191 e. The van der Waals surface area contributed by atoms with Crippen LogP contribution in [0.3, 0.4) is 0 Å². The van der Waals surface area contributed by atoms with Crippen LogP contribution in [-0.4, -0.2) is 45.4 Å². The number of ether oxygens (including phenoxy) is 2. The summed E-state index contributed by atoms with van der Waals surface area (Å²) in [6, 6.07) is 6.40. The molecule has 1 aliphatic heterocycles. The molecule has 2 atom stereocenters. The molecule has 0 amide bonds. The molecule has 1 aliphatic carbocycles. The Hall–Kier alpha value is -0.730. The van der Waals surface area contributed by atoms with Crippen molar-refractivity contribution in [2.45, 2.75) is 44.6 Å². The highest BCUT2D eigenvalue weighted by Crippen LogP contribution is 2.41. The minimum Gasteiger partial charge on any atom is -0.496 e. The standard InChI is InChI=1S/C20H30ClN3O2.HI/c1-4-22-19(24-17-11-14(17)2)23-13-20(7-9-26-10-8-20)16-12-15(21)5-6-18(16)25-3;/h5-6,12,14,17H,4,7-11,13H2,1-3H3,(H2,22,23,24);1H. The van der Waals surface area contributed by atoms with Crippen molar-refractivity contribution in [1.29, 1.82) is 0 Å². The first-order valence-corrected chi connectivity index (χ1v) is 9.92. The average molecular weight is 508 g/mol. The molecule has 3 rings (SSSR count). The van der Waals surface area contributed by atoms with Gasteiger partial charge in [-0.25, -0.2) is 0 Å². The molecule has 0 aromatic heterocycles. The maximum atomic E-state index is 6.31. The van der Waals surface area contributed by atoms with Crippen molar-refractivity contribution in [1.82, 2.24) is 10.6 Å². The molecule has 1 aromatic rings. The monoisotopic (exact) mass is 507 g/mol. The highest BCUT2D eigenvalue weighted by molar-refractivity contribution is 14.0. The maximum absolute atomic E-state index is 6.31. The summed E-state index contributed by atoms with van der Waals surface area (Å²) < 4.78 is 11.3. The molecule has 2 aliphatic rings. The summed E-state index contributed by atoms with van der Waals surface area (Å²) in [7, 11) is 1.71. The molecular formula is C20H31ClIN3O2. The summed E-state index contributed by atoms with van der Waals surface area (Å²) in [5.41, 5.74) is 1.02. The van der Waals surface area contributed by atoms with E-state index in [1.165, 1.54) is 6.42 Å². The molecule has 152 valence electrons. The van der Waals surface area contributed by atoms with Crippen molar-refractivity contribution in [2.75, 3.05) is 33.4 Å². The minimum absolute atomic E-state index is 0. The van der Waals surface area contributed by atoms with Crippen molar-refractivity contribution < 1.29 is 9.47 Å². The zero-order chi connectivity index (χ0) is 18.6. The smallest absolute Gasteiger partial charge is 0.191 e. The van der Waals surface area contributed by atoms with E-state index in [2.05, 4.69) is 24.5 Å². The van der Waals surface area contributed by atoms with Crippen LogP contribution in [0.4, 0.5) is 0 Å². The van der Waals surface area contributed by atoms with Crippen LogP contribution in [-0.2, 0) is 10.2 Å². The van der Waals surface area contributed by atoms with E-state index in [4.69, 9.17) is 26.1 Å². The largest absolute Gasteiger partial charge is 0.496 e. The van der Waals surface area contributed by atoms with Gasteiger partial charge in [0, 0.05) is 41.8 Å². The molecule has 7 heteroatoms. The van der Waals surface area contributed by atoms with Crippen molar-refractivity contribution in [2.24, 2.45) is 10.9 Å². The fourth-order valence-corrected chi connectivity index (χ4v) is 3.79. The van der Waals surface area contributed by atoms with E-state index in [9.17, 15) is 0 Å². The molecule has 0 radical (unpaired) electrons. The third-order valence-corrected chi connectivity index (χ3v) is 5.73. The Morgan fingerprint density at radius 2 is 2.07 bits per heavy atom. The lowest BCUT2D eigenvalue weighted by molar-refractivity contribution is 0.0523. The zero-order valence-corrected chi connectivity index (χ0v) is 19.5. The van der Waals surface area contributed by atoms with E-state index in [0.29, 0.717) is 12.6 Å². The Bertz CT molecular complexity index is 650. The molecular weight excluding hydrogens is 477 g/mol. The van der Waals surface area contributed by atoms with Gasteiger partial charge in [0.15, 0.2) is 5.96 Å².